The number of nitrogens with one attached hydrogen (secondary N) is 1. The molecule has 4 rings (SSSR count). The molecule has 1 heterocycles. The third-order valence-corrected chi connectivity index (χ3v) is 5.16. The van der Waals surface area contributed by atoms with Gasteiger partial charge in [0, 0.05) is 10.6 Å². The van der Waals surface area contributed by atoms with Crippen LogP contribution in [0.1, 0.15) is 31.1 Å². The maximum absolute atomic E-state index is 13.3. The molecule has 0 unspecified atom stereocenters. The molecule has 7 nitrogen and oxygen atoms in total. The van der Waals surface area contributed by atoms with Gasteiger partial charge in [-0.2, -0.15) is 0 Å². The van der Waals surface area contributed by atoms with Gasteiger partial charge >= 0.3 is 0 Å². The van der Waals surface area contributed by atoms with Gasteiger partial charge in [0.25, 0.3) is 5.91 Å². The van der Waals surface area contributed by atoms with Crippen LogP contribution in [-0.2, 0) is 0 Å². The summed E-state index contributed by atoms with van der Waals surface area (Å²) < 4.78 is 23.1. The van der Waals surface area contributed by atoms with Gasteiger partial charge in [-0.3, -0.25) is 4.79 Å². The molecule has 0 fully saturated rings. The first-order valence-electron chi connectivity index (χ1n) is 11.1. The summed E-state index contributed by atoms with van der Waals surface area (Å²) in [5.74, 6) is 1.42. The van der Waals surface area contributed by atoms with Crippen molar-refractivity contribution in [2.45, 2.75) is 20.8 Å². The van der Waals surface area contributed by atoms with Crippen molar-refractivity contribution in [3.8, 4) is 28.7 Å². The Morgan fingerprint density at radius 3 is 2.29 bits per heavy atom. The molecular formula is C26H25ClN2O5. The zero-order chi connectivity index (χ0) is 24.1. The van der Waals surface area contributed by atoms with Crippen LogP contribution in [0.25, 0.3) is 22.6 Å². The quantitative estimate of drug-likeness (QED) is 0.290. The minimum Gasteiger partial charge on any atom is -0.490 e. The normalized spacial score (nSPS) is 10.8. The van der Waals surface area contributed by atoms with E-state index in [1.807, 2.05) is 39.0 Å². The number of aromatic nitrogens is 1. The number of fused-ring (bicyclic) bond motifs is 1. The number of para-hydroxylation sites is 1. The molecule has 1 amide bonds. The summed E-state index contributed by atoms with van der Waals surface area (Å²) in [4.78, 5) is 17.8. The topological polar surface area (TPSA) is 82.8 Å². The zero-order valence-electron chi connectivity index (χ0n) is 19.2. The van der Waals surface area contributed by atoms with Crippen LogP contribution < -0.4 is 19.5 Å². The second-order valence-corrected chi connectivity index (χ2v) is 7.67. The standard InChI is InChI=1S/C26H25ClN2O5/c1-4-31-22-13-16(14-23(32-5-2)24(22)33-6-3)25(30)28-19-10-8-7-9-18(19)26-29-20-15-17(27)11-12-21(20)34-26/h7-15H,4-6H2,1-3H3,(H,28,30). The molecule has 34 heavy (non-hydrogen) atoms. The molecule has 0 aliphatic rings. The van der Waals surface area contributed by atoms with Gasteiger partial charge in [-0.25, -0.2) is 4.98 Å². The monoisotopic (exact) mass is 480 g/mol. The molecular weight excluding hydrogens is 456 g/mol. The van der Waals surface area contributed by atoms with E-state index < -0.39 is 0 Å². The van der Waals surface area contributed by atoms with Crippen molar-refractivity contribution in [3.63, 3.8) is 0 Å². The van der Waals surface area contributed by atoms with Crippen molar-refractivity contribution >= 4 is 34.3 Å². The van der Waals surface area contributed by atoms with Crippen molar-refractivity contribution in [1.29, 1.82) is 0 Å². The number of benzene rings is 3. The first kappa shape index (κ1) is 23.4. The Morgan fingerprint density at radius 1 is 0.941 bits per heavy atom. The lowest BCUT2D eigenvalue weighted by Gasteiger charge is -2.17. The van der Waals surface area contributed by atoms with E-state index in [4.69, 9.17) is 30.2 Å². The van der Waals surface area contributed by atoms with Crippen LogP contribution in [0.15, 0.2) is 59.0 Å². The first-order chi connectivity index (χ1) is 16.5. The SMILES string of the molecule is CCOc1cc(C(=O)Nc2ccccc2-c2nc3cc(Cl)ccc3o2)cc(OCC)c1OCC. The number of ether oxygens (including phenoxy) is 3. The van der Waals surface area contributed by atoms with Crippen LogP contribution >= 0.6 is 11.6 Å². The highest BCUT2D eigenvalue weighted by Crippen LogP contribution is 2.39. The van der Waals surface area contributed by atoms with Crippen molar-refractivity contribution < 1.29 is 23.4 Å². The number of rotatable bonds is 9. The Morgan fingerprint density at radius 2 is 1.62 bits per heavy atom. The van der Waals surface area contributed by atoms with Gasteiger partial charge in [0.05, 0.1) is 31.1 Å². The van der Waals surface area contributed by atoms with Gasteiger partial charge in [0.2, 0.25) is 11.6 Å². The summed E-state index contributed by atoms with van der Waals surface area (Å²) in [5, 5.41) is 3.52. The van der Waals surface area contributed by atoms with Crippen molar-refractivity contribution in [2.24, 2.45) is 0 Å². The van der Waals surface area contributed by atoms with Crippen molar-refractivity contribution in [1.82, 2.24) is 4.98 Å². The molecule has 1 N–H and O–H groups in total. The van der Waals surface area contributed by atoms with Crippen LogP contribution in [0.4, 0.5) is 5.69 Å². The van der Waals surface area contributed by atoms with Crippen LogP contribution in [0.2, 0.25) is 5.02 Å². The maximum atomic E-state index is 13.3. The largest absolute Gasteiger partial charge is 0.490 e. The molecule has 1 aromatic heterocycles. The molecule has 0 spiro atoms. The summed E-state index contributed by atoms with van der Waals surface area (Å²) in [5.41, 5.74) is 2.81. The van der Waals surface area contributed by atoms with E-state index >= 15 is 0 Å². The second kappa shape index (κ2) is 10.5. The van der Waals surface area contributed by atoms with Crippen LogP contribution in [-0.4, -0.2) is 30.7 Å². The summed E-state index contributed by atoms with van der Waals surface area (Å²) in [6.45, 7) is 6.89. The van der Waals surface area contributed by atoms with Crippen LogP contribution in [0.3, 0.4) is 0 Å². The van der Waals surface area contributed by atoms with E-state index in [2.05, 4.69) is 10.3 Å². The van der Waals surface area contributed by atoms with E-state index in [1.54, 1.807) is 36.4 Å². The fraction of sp³-hybridized carbons (Fsp3) is 0.231. The summed E-state index contributed by atoms with van der Waals surface area (Å²) >= 11 is 6.08. The van der Waals surface area contributed by atoms with Crippen LogP contribution in [0, 0.1) is 0 Å². The van der Waals surface area contributed by atoms with Gasteiger partial charge in [0.15, 0.2) is 17.1 Å². The molecule has 3 aromatic carbocycles. The minimum atomic E-state index is -0.337. The van der Waals surface area contributed by atoms with Gasteiger partial charge in [-0.1, -0.05) is 23.7 Å². The average Bonchev–Trinajstić information content (AvgIpc) is 3.24. The lowest BCUT2D eigenvalue weighted by molar-refractivity contribution is 0.102. The fourth-order valence-electron chi connectivity index (χ4n) is 3.51. The Kier molecular flexibility index (Phi) is 7.23. The zero-order valence-corrected chi connectivity index (χ0v) is 19.9. The number of hydrogen-bond donors (Lipinski definition) is 1. The molecule has 0 radical (unpaired) electrons. The highest BCUT2D eigenvalue weighted by molar-refractivity contribution is 6.31. The number of carbonyl (C=O) groups is 1. The Labute approximate surface area is 202 Å². The molecule has 4 aromatic rings. The van der Waals surface area contributed by atoms with E-state index in [0.717, 1.165) is 0 Å². The Bertz CT molecular complexity index is 1290. The summed E-state index contributed by atoms with van der Waals surface area (Å²) in [7, 11) is 0. The molecule has 0 bridgehead atoms. The Hall–Kier alpha value is -3.71. The smallest absolute Gasteiger partial charge is 0.255 e. The number of oxazole rings is 1. The molecule has 0 atom stereocenters. The number of amides is 1. The minimum absolute atomic E-state index is 0.337. The number of carbonyl (C=O) groups excluding carboxylic acids is 1. The maximum Gasteiger partial charge on any atom is 0.255 e. The van der Waals surface area contributed by atoms with Crippen molar-refractivity contribution in [3.05, 3.63) is 65.2 Å². The second-order valence-electron chi connectivity index (χ2n) is 7.23. The van der Waals surface area contributed by atoms with Gasteiger partial charge in [-0.05, 0) is 63.2 Å². The first-order valence-corrected chi connectivity index (χ1v) is 11.4. The third kappa shape index (κ3) is 4.94. The van der Waals surface area contributed by atoms with E-state index in [1.165, 1.54) is 0 Å². The van der Waals surface area contributed by atoms with E-state index in [-0.39, 0.29) is 5.91 Å². The highest BCUT2D eigenvalue weighted by Gasteiger charge is 2.20. The Balaban J connectivity index is 1.69. The summed E-state index contributed by atoms with van der Waals surface area (Å²) in [6, 6.07) is 15.8. The predicted molar refractivity (Wildman–Crippen MR) is 132 cm³/mol. The number of anilines is 1. The lowest BCUT2D eigenvalue weighted by Crippen LogP contribution is -2.14. The number of nitrogens with zero attached hydrogens (tertiary/aromatic N) is 1. The van der Waals surface area contributed by atoms with Gasteiger partial charge < -0.3 is 23.9 Å². The van der Waals surface area contributed by atoms with E-state index in [0.29, 0.717) is 75.9 Å². The average molecular weight is 481 g/mol. The molecule has 0 aliphatic heterocycles. The van der Waals surface area contributed by atoms with Gasteiger partial charge in [0.1, 0.15) is 5.52 Å². The van der Waals surface area contributed by atoms with Gasteiger partial charge in [-0.15, -0.1) is 0 Å². The lowest BCUT2D eigenvalue weighted by atomic mass is 10.1. The molecule has 8 heteroatoms. The number of halogens is 1. The fourth-order valence-corrected chi connectivity index (χ4v) is 3.67. The molecule has 176 valence electrons. The highest BCUT2D eigenvalue weighted by atomic mass is 35.5. The van der Waals surface area contributed by atoms with Crippen LogP contribution in [0.5, 0.6) is 17.2 Å². The molecule has 0 saturated carbocycles. The molecule has 0 aliphatic carbocycles. The third-order valence-electron chi connectivity index (χ3n) is 4.93. The molecule has 0 saturated heterocycles. The van der Waals surface area contributed by atoms with Crippen molar-refractivity contribution in [2.75, 3.05) is 25.1 Å². The predicted octanol–water partition coefficient (Wildman–Crippen LogP) is 6.60. The number of hydrogen-bond acceptors (Lipinski definition) is 6. The summed E-state index contributed by atoms with van der Waals surface area (Å²) in [6.07, 6.45) is 0. The van der Waals surface area contributed by atoms with E-state index in [9.17, 15) is 4.79 Å².